The first-order chi connectivity index (χ1) is 13.9. The zero-order valence-corrected chi connectivity index (χ0v) is 18.6. The average Bonchev–Trinajstić information content (AvgIpc) is 2.68. The highest BCUT2D eigenvalue weighted by Crippen LogP contribution is 2.08. The van der Waals surface area contributed by atoms with E-state index in [0.717, 1.165) is 32.4 Å². The minimum atomic E-state index is -4.00. The number of rotatable bonds is 16. The van der Waals surface area contributed by atoms with Gasteiger partial charge >= 0.3 is 5.97 Å². The van der Waals surface area contributed by atoms with Crippen LogP contribution in [0.25, 0.3) is 0 Å². The average molecular weight is 429 g/mol. The predicted octanol–water partition coefficient (Wildman–Crippen LogP) is 5.17. The second-order valence-corrected chi connectivity index (χ2v) is 8.62. The molecule has 0 bridgehead atoms. The van der Waals surface area contributed by atoms with Crippen molar-refractivity contribution >= 4 is 16.1 Å². The van der Waals surface area contributed by atoms with E-state index in [-0.39, 0.29) is 11.3 Å². The van der Waals surface area contributed by atoms with Crippen LogP contribution >= 0.6 is 0 Å². The van der Waals surface area contributed by atoms with Crippen molar-refractivity contribution in [3.8, 4) is 0 Å². The number of benzene rings is 1. The Hall–Kier alpha value is -1.44. The van der Waals surface area contributed by atoms with Crippen molar-refractivity contribution in [1.82, 2.24) is 5.32 Å². The van der Waals surface area contributed by atoms with Gasteiger partial charge in [0.15, 0.2) is 0 Å². The molecule has 1 aromatic rings. The highest BCUT2D eigenvalue weighted by molar-refractivity contribution is 7.85. The number of carbonyl (C=O) groups is 1. The highest BCUT2D eigenvalue weighted by Gasteiger charge is 2.05. The van der Waals surface area contributed by atoms with Gasteiger partial charge in [-0.2, -0.15) is 8.42 Å². The molecule has 0 atom stereocenters. The van der Waals surface area contributed by atoms with E-state index in [0.29, 0.717) is 0 Å². The van der Waals surface area contributed by atoms with Gasteiger partial charge < -0.3 is 5.32 Å². The molecule has 0 saturated carbocycles. The first kappa shape index (κ1) is 27.6. The lowest BCUT2D eigenvalue weighted by molar-refractivity contribution is -0.143. The smallest absolute Gasteiger partial charge is 0.317 e. The van der Waals surface area contributed by atoms with Gasteiger partial charge in [-0.15, -0.1) is 0 Å². The summed E-state index contributed by atoms with van der Waals surface area (Å²) in [7, 11) is -4.00. The van der Waals surface area contributed by atoms with Crippen molar-refractivity contribution in [2.45, 2.75) is 88.9 Å². The molecular weight excluding hydrogens is 390 g/mol. The van der Waals surface area contributed by atoms with E-state index >= 15 is 0 Å². The molecule has 167 valence electrons. The first-order valence-electron chi connectivity index (χ1n) is 10.8. The van der Waals surface area contributed by atoms with E-state index < -0.39 is 16.1 Å². The van der Waals surface area contributed by atoms with Crippen LogP contribution in [0.5, 0.6) is 0 Å². The van der Waals surface area contributed by atoms with Crippen molar-refractivity contribution in [3.63, 3.8) is 0 Å². The maximum atomic E-state index is 10.4. The van der Waals surface area contributed by atoms with E-state index in [9.17, 15) is 18.3 Å². The van der Waals surface area contributed by atoms with Gasteiger partial charge in [-0.25, -0.2) is 9.90 Å². The largest absolute Gasteiger partial charge is 0.355 e. The normalized spacial score (nSPS) is 11.0. The molecular formula is C22H38NO5S. The molecule has 6 nitrogen and oxygen atoms in total. The Labute approximate surface area is 176 Å². The molecule has 0 aliphatic carbocycles. The second-order valence-electron chi connectivity index (χ2n) is 7.20. The number of carbonyl (C=O) groups excluding carboxylic acids is 1. The minimum Gasteiger partial charge on any atom is -0.317 e. The van der Waals surface area contributed by atoms with Gasteiger partial charge in [0, 0.05) is 0 Å². The summed E-state index contributed by atoms with van der Waals surface area (Å²) in [5, 5.41) is 13.6. The topological polar surface area (TPSA) is 103 Å². The van der Waals surface area contributed by atoms with Crippen LogP contribution in [0.4, 0.5) is 0 Å². The van der Waals surface area contributed by atoms with Crippen LogP contribution in [0.3, 0.4) is 0 Å². The van der Waals surface area contributed by atoms with Gasteiger partial charge in [-0.05, 0) is 44.5 Å². The number of hydrogen-bond donors (Lipinski definition) is 2. The third-order valence-corrected chi connectivity index (χ3v) is 5.35. The molecule has 0 aliphatic heterocycles. The maximum Gasteiger partial charge on any atom is 0.355 e. The van der Waals surface area contributed by atoms with Crippen LogP contribution < -0.4 is 5.32 Å². The summed E-state index contributed by atoms with van der Waals surface area (Å²) in [5.41, 5.74) is 0. The molecule has 0 saturated heterocycles. The van der Waals surface area contributed by atoms with Gasteiger partial charge in [0.1, 0.15) is 0 Å². The van der Waals surface area contributed by atoms with Crippen LogP contribution in [-0.4, -0.2) is 32.0 Å². The van der Waals surface area contributed by atoms with Crippen LogP contribution in [0.2, 0.25) is 0 Å². The molecule has 1 rings (SSSR count). The van der Waals surface area contributed by atoms with Crippen LogP contribution in [-0.2, 0) is 20.0 Å². The molecule has 0 aliphatic rings. The van der Waals surface area contributed by atoms with Gasteiger partial charge in [0.25, 0.3) is 10.1 Å². The Balaban J connectivity index is 0.000000651. The van der Waals surface area contributed by atoms with Gasteiger partial charge in [0.05, 0.1) is 11.3 Å². The Morgan fingerprint density at radius 1 is 0.828 bits per heavy atom. The van der Waals surface area contributed by atoms with Crippen molar-refractivity contribution in [2.75, 3.05) is 13.1 Å². The predicted molar refractivity (Wildman–Crippen MR) is 116 cm³/mol. The van der Waals surface area contributed by atoms with Crippen molar-refractivity contribution < 1.29 is 22.9 Å². The van der Waals surface area contributed by atoms with Crippen molar-refractivity contribution in [2.24, 2.45) is 0 Å². The Bertz CT molecular complexity index is 605. The van der Waals surface area contributed by atoms with Gasteiger partial charge in [-0.1, -0.05) is 76.5 Å². The number of nitrogens with one attached hydrogen (secondary N) is 1. The highest BCUT2D eigenvalue weighted by atomic mass is 32.2. The zero-order chi connectivity index (χ0) is 21.8. The summed E-state index contributed by atoms with van der Waals surface area (Å²) in [4.78, 5) is 10.1. The summed E-state index contributed by atoms with van der Waals surface area (Å²) >= 11 is 0. The van der Waals surface area contributed by atoms with E-state index in [2.05, 4.69) is 12.2 Å². The maximum absolute atomic E-state index is 10.4. The lowest BCUT2D eigenvalue weighted by atomic mass is 10.1. The van der Waals surface area contributed by atoms with Crippen molar-refractivity contribution in [1.29, 1.82) is 0 Å². The fraction of sp³-hybridized carbons (Fsp3) is 0.682. The number of hydrogen-bond acceptors (Lipinski definition) is 4. The van der Waals surface area contributed by atoms with E-state index in [1.807, 2.05) is 0 Å². The molecule has 0 amide bonds. The Morgan fingerprint density at radius 3 is 1.76 bits per heavy atom. The van der Waals surface area contributed by atoms with Crippen LogP contribution in [0.1, 0.15) is 84.0 Å². The summed E-state index contributed by atoms with van der Waals surface area (Å²) in [6.07, 6.45) is 13.9. The standard InChI is InChI=1S/C16H32NO2.C6H6O3S/c1-2-3-4-5-6-7-8-11-14-17-15-12-9-10-13-16(18)19;7-10(8,9)6-4-2-1-3-5-6/h17H,2-15H2,1H3;1-5H,(H,7,8,9). The zero-order valence-electron chi connectivity index (χ0n) is 17.8. The molecule has 2 N–H and O–H groups in total. The van der Waals surface area contributed by atoms with Crippen LogP contribution in [0, 0.1) is 0 Å². The Kier molecular flexibility index (Phi) is 17.7. The monoisotopic (exact) mass is 428 g/mol. The Morgan fingerprint density at radius 2 is 1.31 bits per heavy atom. The van der Waals surface area contributed by atoms with Gasteiger partial charge in [-0.3, -0.25) is 4.55 Å². The quantitative estimate of drug-likeness (QED) is 0.279. The molecule has 7 heteroatoms. The molecule has 1 radical (unpaired) electrons. The lowest BCUT2D eigenvalue weighted by Crippen LogP contribution is -2.16. The minimum absolute atomic E-state index is 0.0741. The summed E-state index contributed by atoms with van der Waals surface area (Å²) in [6.45, 7) is 4.38. The molecule has 0 fully saturated rings. The fourth-order valence-corrected chi connectivity index (χ4v) is 3.30. The molecule has 0 spiro atoms. The molecule has 0 aromatic heterocycles. The molecule has 1 aromatic carbocycles. The summed E-state index contributed by atoms with van der Waals surface area (Å²) in [6, 6.07) is 7.42. The van der Waals surface area contributed by atoms with E-state index in [4.69, 9.17) is 4.55 Å². The fourth-order valence-electron chi connectivity index (χ4n) is 2.80. The van der Waals surface area contributed by atoms with Gasteiger partial charge in [0.2, 0.25) is 0 Å². The number of unbranched alkanes of at least 4 members (excludes halogenated alkanes) is 9. The lowest BCUT2D eigenvalue weighted by Gasteiger charge is -2.04. The molecule has 29 heavy (non-hydrogen) atoms. The third-order valence-electron chi connectivity index (χ3n) is 4.48. The van der Waals surface area contributed by atoms with E-state index in [1.54, 1.807) is 18.2 Å². The summed E-state index contributed by atoms with van der Waals surface area (Å²) < 4.78 is 29.2. The first-order valence-corrected chi connectivity index (χ1v) is 12.2. The second kappa shape index (κ2) is 18.6. The van der Waals surface area contributed by atoms with E-state index in [1.165, 1.54) is 63.5 Å². The van der Waals surface area contributed by atoms with Crippen LogP contribution in [0.15, 0.2) is 35.2 Å². The third kappa shape index (κ3) is 19.6. The SMILES string of the molecule is CCCCCCCCCCNCCCCCC([O])=O.O=S(=O)(O)c1ccccc1. The van der Waals surface area contributed by atoms with Crippen molar-refractivity contribution in [3.05, 3.63) is 30.3 Å². The summed E-state index contributed by atoms with van der Waals surface area (Å²) in [5.74, 6) is -0.924. The molecule has 0 heterocycles. The molecule has 0 unspecified atom stereocenters.